The van der Waals surface area contributed by atoms with Gasteiger partial charge in [0, 0.05) is 12.1 Å². The van der Waals surface area contributed by atoms with Crippen molar-refractivity contribution in [1.29, 1.82) is 0 Å². The maximum atomic E-state index is 6.11. The monoisotopic (exact) mass is 273 g/mol. The topological polar surface area (TPSA) is 37.8 Å². The van der Waals surface area contributed by atoms with Crippen LogP contribution in [-0.2, 0) is 6.54 Å². The van der Waals surface area contributed by atoms with E-state index in [-0.39, 0.29) is 0 Å². The van der Waals surface area contributed by atoms with Gasteiger partial charge in [-0.2, -0.15) is 0 Å². The highest BCUT2D eigenvalue weighted by Crippen LogP contribution is 2.34. The van der Waals surface area contributed by atoms with Crippen LogP contribution in [0.1, 0.15) is 5.01 Å². The predicted molar refractivity (Wildman–Crippen MR) is 68.1 cm³/mol. The fourth-order valence-corrected chi connectivity index (χ4v) is 2.58. The number of hydrogen-bond acceptors (Lipinski definition) is 4. The van der Waals surface area contributed by atoms with Gasteiger partial charge in [0.05, 0.1) is 10.0 Å². The fraction of sp³-hybridized carbons (Fsp3) is 0.200. The SMILES string of the molecule is CNCc1nnc(-c2cccc(Cl)c2Cl)s1. The first-order valence-electron chi connectivity index (χ1n) is 4.63. The summed E-state index contributed by atoms with van der Waals surface area (Å²) in [5, 5.41) is 13.9. The minimum Gasteiger partial charge on any atom is -0.313 e. The smallest absolute Gasteiger partial charge is 0.149 e. The second-order valence-corrected chi connectivity index (χ2v) is 4.98. The van der Waals surface area contributed by atoms with Crippen LogP contribution in [0.4, 0.5) is 0 Å². The summed E-state index contributed by atoms with van der Waals surface area (Å²) in [4.78, 5) is 0. The molecule has 1 N–H and O–H groups in total. The van der Waals surface area contributed by atoms with Crippen molar-refractivity contribution in [1.82, 2.24) is 15.5 Å². The van der Waals surface area contributed by atoms with Crippen LogP contribution >= 0.6 is 34.5 Å². The zero-order chi connectivity index (χ0) is 11.5. The standard InChI is InChI=1S/C10H9Cl2N3S/c1-13-5-8-14-15-10(16-8)6-3-2-4-7(11)9(6)12/h2-4,13H,5H2,1H3. The van der Waals surface area contributed by atoms with Crippen molar-refractivity contribution in [3.8, 4) is 10.6 Å². The van der Waals surface area contributed by atoms with Crippen molar-refractivity contribution >= 4 is 34.5 Å². The Kier molecular flexibility index (Phi) is 3.76. The van der Waals surface area contributed by atoms with Crippen molar-refractivity contribution in [3.63, 3.8) is 0 Å². The van der Waals surface area contributed by atoms with Gasteiger partial charge in [0.25, 0.3) is 0 Å². The molecule has 0 spiro atoms. The van der Waals surface area contributed by atoms with Gasteiger partial charge in [-0.25, -0.2) is 0 Å². The molecule has 0 radical (unpaired) electrons. The van der Waals surface area contributed by atoms with Gasteiger partial charge in [-0.05, 0) is 13.1 Å². The summed E-state index contributed by atoms with van der Waals surface area (Å²) in [6, 6.07) is 5.49. The number of nitrogens with zero attached hydrogens (tertiary/aromatic N) is 2. The third-order valence-electron chi connectivity index (χ3n) is 1.98. The Labute approximate surface area is 107 Å². The Morgan fingerprint density at radius 3 is 2.88 bits per heavy atom. The minimum absolute atomic E-state index is 0.524. The summed E-state index contributed by atoms with van der Waals surface area (Å²) in [6.45, 7) is 0.704. The van der Waals surface area contributed by atoms with Crippen LogP contribution in [0.2, 0.25) is 10.0 Å². The molecule has 6 heteroatoms. The summed E-state index contributed by atoms with van der Waals surface area (Å²) in [7, 11) is 1.87. The molecule has 0 bridgehead atoms. The first-order chi connectivity index (χ1) is 7.72. The molecule has 1 aromatic carbocycles. The average molecular weight is 274 g/mol. The lowest BCUT2D eigenvalue weighted by Gasteiger charge is -2.00. The van der Waals surface area contributed by atoms with Crippen LogP contribution in [0.3, 0.4) is 0 Å². The van der Waals surface area contributed by atoms with E-state index in [1.165, 1.54) is 11.3 Å². The summed E-state index contributed by atoms with van der Waals surface area (Å²) in [6.07, 6.45) is 0. The molecule has 0 saturated carbocycles. The highest BCUT2D eigenvalue weighted by Gasteiger charge is 2.11. The molecule has 3 nitrogen and oxygen atoms in total. The van der Waals surface area contributed by atoms with Gasteiger partial charge in [0.2, 0.25) is 0 Å². The van der Waals surface area contributed by atoms with Crippen molar-refractivity contribution in [2.24, 2.45) is 0 Å². The van der Waals surface area contributed by atoms with Crippen LogP contribution in [0, 0.1) is 0 Å². The predicted octanol–water partition coefficient (Wildman–Crippen LogP) is 3.23. The molecule has 0 saturated heterocycles. The molecule has 2 rings (SSSR count). The minimum atomic E-state index is 0.524. The van der Waals surface area contributed by atoms with Crippen molar-refractivity contribution in [2.75, 3.05) is 7.05 Å². The van der Waals surface area contributed by atoms with Crippen LogP contribution in [0.15, 0.2) is 18.2 Å². The maximum absolute atomic E-state index is 6.11. The molecule has 0 amide bonds. The molecule has 16 heavy (non-hydrogen) atoms. The molecule has 1 heterocycles. The van der Waals surface area contributed by atoms with E-state index >= 15 is 0 Å². The summed E-state index contributed by atoms with van der Waals surface area (Å²) >= 11 is 13.6. The van der Waals surface area contributed by atoms with Crippen LogP contribution in [-0.4, -0.2) is 17.2 Å². The second-order valence-electron chi connectivity index (χ2n) is 3.13. The highest BCUT2D eigenvalue weighted by atomic mass is 35.5. The Hall–Kier alpha value is -0.680. The van der Waals surface area contributed by atoms with Crippen LogP contribution < -0.4 is 5.32 Å². The van der Waals surface area contributed by atoms with E-state index in [0.717, 1.165) is 15.6 Å². The first kappa shape index (κ1) is 11.8. The van der Waals surface area contributed by atoms with E-state index in [0.29, 0.717) is 16.6 Å². The van der Waals surface area contributed by atoms with Gasteiger partial charge in [-0.15, -0.1) is 10.2 Å². The molecule has 0 atom stereocenters. The quantitative estimate of drug-likeness (QED) is 0.933. The van der Waals surface area contributed by atoms with Gasteiger partial charge < -0.3 is 5.32 Å². The lowest BCUT2D eigenvalue weighted by Crippen LogP contribution is -2.04. The molecule has 0 unspecified atom stereocenters. The van der Waals surface area contributed by atoms with Gasteiger partial charge in [-0.1, -0.05) is 46.7 Å². The first-order valence-corrected chi connectivity index (χ1v) is 6.21. The van der Waals surface area contributed by atoms with E-state index in [4.69, 9.17) is 23.2 Å². The Morgan fingerprint density at radius 1 is 1.31 bits per heavy atom. The molecule has 2 aromatic rings. The molecule has 0 aliphatic heterocycles. The number of benzene rings is 1. The maximum Gasteiger partial charge on any atom is 0.149 e. The van der Waals surface area contributed by atoms with Gasteiger partial charge >= 0.3 is 0 Å². The molecule has 0 fully saturated rings. The average Bonchev–Trinajstić information content (AvgIpc) is 2.71. The zero-order valence-corrected chi connectivity index (χ0v) is 10.8. The molecular weight excluding hydrogens is 265 g/mol. The highest BCUT2D eigenvalue weighted by molar-refractivity contribution is 7.14. The molecule has 1 aromatic heterocycles. The lowest BCUT2D eigenvalue weighted by molar-refractivity contribution is 0.795. The summed E-state index contributed by atoms with van der Waals surface area (Å²) in [5.41, 5.74) is 0.828. The largest absolute Gasteiger partial charge is 0.313 e. The Balaban J connectivity index is 2.39. The second kappa shape index (κ2) is 5.10. The van der Waals surface area contributed by atoms with E-state index < -0.39 is 0 Å². The Morgan fingerprint density at radius 2 is 2.12 bits per heavy atom. The third kappa shape index (κ3) is 2.35. The van der Waals surface area contributed by atoms with Gasteiger partial charge in [-0.3, -0.25) is 0 Å². The van der Waals surface area contributed by atoms with E-state index in [9.17, 15) is 0 Å². The summed E-state index contributed by atoms with van der Waals surface area (Å²) < 4.78 is 0. The number of halogens is 2. The Bertz CT molecular complexity index is 499. The van der Waals surface area contributed by atoms with E-state index in [1.54, 1.807) is 6.07 Å². The van der Waals surface area contributed by atoms with Crippen molar-refractivity contribution < 1.29 is 0 Å². The lowest BCUT2D eigenvalue weighted by atomic mass is 10.2. The molecule has 84 valence electrons. The van der Waals surface area contributed by atoms with E-state index in [2.05, 4.69) is 15.5 Å². The molecule has 0 aliphatic rings. The molecule has 0 aliphatic carbocycles. The number of aromatic nitrogens is 2. The number of nitrogens with one attached hydrogen (secondary N) is 1. The van der Waals surface area contributed by atoms with Crippen molar-refractivity contribution in [2.45, 2.75) is 6.54 Å². The van der Waals surface area contributed by atoms with Crippen molar-refractivity contribution in [3.05, 3.63) is 33.3 Å². The third-order valence-corrected chi connectivity index (χ3v) is 3.75. The van der Waals surface area contributed by atoms with Crippen LogP contribution in [0.5, 0.6) is 0 Å². The van der Waals surface area contributed by atoms with Gasteiger partial charge in [0.15, 0.2) is 0 Å². The molecular formula is C10H9Cl2N3S. The van der Waals surface area contributed by atoms with Crippen LogP contribution in [0.25, 0.3) is 10.6 Å². The number of rotatable bonds is 3. The van der Waals surface area contributed by atoms with E-state index in [1.807, 2.05) is 19.2 Å². The zero-order valence-electron chi connectivity index (χ0n) is 8.50. The number of hydrogen-bond donors (Lipinski definition) is 1. The normalized spacial score (nSPS) is 10.7. The van der Waals surface area contributed by atoms with Gasteiger partial charge in [0.1, 0.15) is 10.0 Å². The summed E-state index contributed by atoms with van der Waals surface area (Å²) in [5.74, 6) is 0. The fourth-order valence-electron chi connectivity index (χ4n) is 1.25.